The van der Waals surface area contributed by atoms with Gasteiger partial charge in [0.2, 0.25) is 0 Å². The Morgan fingerprint density at radius 1 is 0.206 bits per heavy atom. The zero-order valence-electron chi connectivity index (χ0n) is 34.8. The predicted octanol–water partition coefficient (Wildman–Crippen LogP) is 17.5. The molecule has 0 radical (unpaired) electrons. The fraction of sp³-hybridized carbons (Fsp3) is 0. The largest absolute Gasteiger partial charge is 0.310 e. The minimum Gasteiger partial charge on any atom is -0.310 e. The molecule has 1 nitrogen and oxygen atoms in total. The molecule has 0 atom stereocenters. The Bertz CT molecular complexity index is 3340. The van der Waals surface area contributed by atoms with Crippen molar-refractivity contribution in [2.24, 2.45) is 0 Å². The van der Waals surface area contributed by atoms with Crippen LogP contribution in [0.5, 0.6) is 0 Å². The standard InChI is InChI=1S/C62H43N/c1-6-19-44(20-7-1)46-33-37-53(38-34-46)63(60-40-36-51(45-21-8-2-9-22-45)42-58(60)47-23-10-3-11-24-47)54-30-18-29-50(41-54)52-35-39-56-55-31-16-17-32-57(55)61(48-25-12-4-13-26-48)62(59(56)43-52)49-27-14-5-15-28-49/h1-43H. The highest BCUT2D eigenvalue weighted by Gasteiger charge is 2.21. The smallest absolute Gasteiger partial charge is 0.0540 e. The van der Waals surface area contributed by atoms with Crippen LogP contribution in [0.2, 0.25) is 0 Å². The Kier molecular flexibility index (Phi) is 9.97. The second-order valence-electron chi connectivity index (χ2n) is 16.1. The van der Waals surface area contributed by atoms with Crippen molar-refractivity contribution < 1.29 is 0 Å². The Morgan fingerprint density at radius 3 is 1.24 bits per heavy atom. The fourth-order valence-corrected chi connectivity index (χ4v) is 9.26. The van der Waals surface area contributed by atoms with E-state index in [1.807, 2.05) is 0 Å². The van der Waals surface area contributed by atoms with Crippen molar-refractivity contribution in [1.82, 2.24) is 0 Å². The van der Waals surface area contributed by atoms with E-state index in [1.165, 1.54) is 66.1 Å². The summed E-state index contributed by atoms with van der Waals surface area (Å²) in [5.74, 6) is 0. The highest BCUT2D eigenvalue weighted by Crippen LogP contribution is 2.47. The number of benzene rings is 11. The number of nitrogens with zero attached hydrogens (tertiary/aromatic N) is 1. The number of rotatable bonds is 9. The third-order valence-corrected chi connectivity index (χ3v) is 12.3. The zero-order chi connectivity index (χ0) is 42.0. The molecule has 0 aliphatic heterocycles. The summed E-state index contributed by atoms with van der Waals surface area (Å²) in [5.41, 5.74) is 17.6. The van der Waals surface area contributed by atoms with E-state index in [0.29, 0.717) is 0 Å². The van der Waals surface area contributed by atoms with Crippen LogP contribution in [0.4, 0.5) is 17.1 Å². The molecule has 0 aliphatic rings. The molecule has 0 spiro atoms. The van der Waals surface area contributed by atoms with Crippen molar-refractivity contribution in [2.75, 3.05) is 4.90 Å². The van der Waals surface area contributed by atoms with Crippen LogP contribution in [0.25, 0.3) is 88.3 Å². The Morgan fingerprint density at radius 2 is 0.619 bits per heavy atom. The lowest BCUT2D eigenvalue weighted by molar-refractivity contribution is 1.28. The molecule has 0 amide bonds. The van der Waals surface area contributed by atoms with Gasteiger partial charge in [0.15, 0.2) is 0 Å². The minimum atomic E-state index is 1.08. The molecule has 11 aromatic carbocycles. The van der Waals surface area contributed by atoms with Crippen molar-refractivity contribution in [3.05, 3.63) is 261 Å². The van der Waals surface area contributed by atoms with Crippen molar-refractivity contribution in [3.8, 4) is 66.8 Å². The number of hydrogen-bond acceptors (Lipinski definition) is 1. The molecule has 0 saturated carbocycles. The normalized spacial score (nSPS) is 11.2. The first kappa shape index (κ1) is 37.7. The van der Waals surface area contributed by atoms with Crippen LogP contribution in [0.15, 0.2) is 261 Å². The number of hydrogen-bond donors (Lipinski definition) is 0. The predicted molar refractivity (Wildman–Crippen MR) is 269 cm³/mol. The molecule has 0 bridgehead atoms. The van der Waals surface area contributed by atoms with Crippen LogP contribution in [-0.4, -0.2) is 0 Å². The summed E-state index contributed by atoms with van der Waals surface area (Å²) in [6.45, 7) is 0. The van der Waals surface area contributed by atoms with Crippen LogP contribution >= 0.6 is 0 Å². The van der Waals surface area contributed by atoms with Crippen molar-refractivity contribution in [3.63, 3.8) is 0 Å². The molecule has 1 heteroatoms. The van der Waals surface area contributed by atoms with E-state index in [9.17, 15) is 0 Å². The third-order valence-electron chi connectivity index (χ3n) is 12.3. The summed E-state index contributed by atoms with van der Waals surface area (Å²) in [5, 5.41) is 4.99. The lowest BCUT2D eigenvalue weighted by Gasteiger charge is -2.29. The van der Waals surface area contributed by atoms with Gasteiger partial charge in [-0.05, 0) is 125 Å². The van der Waals surface area contributed by atoms with Crippen molar-refractivity contribution in [1.29, 1.82) is 0 Å². The average Bonchev–Trinajstić information content (AvgIpc) is 3.37. The first-order chi connectivity index (χ1) is 31.3. The second kappa shape index (κ2) is 16.7. The Balaban J connectivity index is 1.12. The van der Waals surface area contributed by atoms with Crippen LogP contribution in [0.3, 0.4) is 0 Å². The summed E-state index contributed by atoms with van der Waals surface area (Å²) in [7, 11) is 0. The van der Waals surface area contributed by atoms with Gasteiger partial charge in [-0.15, -0.1) is 0 Å². The van der Waals surface area contributed by atoms with E-state index in [0.717, 1.165) is 39.3 Å². The summed E-state index contributed by atoms with van der Waals surface area (Å²) >= 11 is 0. The van der Waals surface area contributed by atoms with Crippen LogP contribution in [-0.2, 0) is 0 Å². The first-order valence-corrected chi connectivity index (χ1v) is 21.7. The molecule has 11 aromatic rings. The van der Waals surface area contributed by atoms with Gasteiger partial charge < -0.3 is 4.90 Å². The molecule has 0 N–H and O–H groups in total. The highest BCUT2D eigenvalue weighted by molar-refractivity contribution is 6.22. The molecule has 0 aliphatic carbocycles. The lowest BCUT2D eigenvalue weighted by Crippen LogP contribution is -2.11. The van der Waals surface area contributed by atoms with Gasteiger partial charge in [0.1, 0.15) is 0 Å². The molecule has 0 saturated heterocycles. The topological polar surface area (TPSA) is 3.24 Å². The molecular weight excluding hydrogens is 759 g/mol. The zero-order valence-corrected chi connectivity index (χ0v) is 34.8. The fourth-order valence-electron chi connectivity index (χ4n) is 9.26. The molecule has 0 unspecified atom stereocenters. The van der Waals surface area contributed by atoms with Crippen molar-refractivity contribution in [2.45, 2.75) is 0 Å². The maximum atomic E-state index is 2.42. The number of fused-ring (bicyclic) bond motifs is 3. The molecule has 11 rings (SSSR count). The third kappa shape index (κ3) is 7.26. The van der Waals surface area contributed by atoms with Crippen LogP contribution < -0.4 is 4.90 Å². The SMILES string of the molecule is c1ccc(-c2ccc(N(c3cccc(-c4ccc5c(c4)c(-c4ccccc4)c(-c4ccccc4)c4ccccc45)c3)c3ccc(-c4ccccc4)cc3-c3ccccc3)cc2)cc1. The average molecular weight is 802 g/mol. The van der Waals surface area contributed by atoms with Gasteiger partial charge in [0.25, 0.3) is 0 Å². The second-order valence-corrected chi connectivity index (χ2v) is 16.1. The summed E-state index contributed by atoms with van der Waals surface area (Å²) in [4.78, 5) is 2.42. The van der Waals surface area contributed by atoms with E-state index in [4.69, 9.17) is 0 Å². The Labute approximate surface area is 369 Å². The number of anilines is 3. The van der Waals surface area contributed by atoms with Crippen molar-refractivity contribution >= 4 is 38.6 Å². The Hall–Kier alpha value is -8.26. The van der Waals surface area contributed by atoms with E-state index < -0.39 is 0 Å². The summed E-state index contributed by atoms with van der Waals surface area (Å²) in [6, 6.07) is 94.7. The quantitative estimate of drug-likeness (QED) is 0.131. The monoisotopic (exact) mass is 801 g/mol. The minimum absolute atomic E-state index is 1.08. The van der Waals surface area contributed by atoms with Gasteiger partial charge in [0, 0.05) is 16.9 Å². The maximum Gasteiger partial charge on any atom is 0.0540 e. The maximum absolute atomic E-state index is 2.42. The molecule has 0 aromatic heterocycles. The molecular formula is C62H43N. The van der Waals surface area contributed by atoms with Gasteiger partial charge in [-0.1, -0.05) is 218 Å². The molecule has 296 valence electrons. The van der Waals surface area contributed by atoms with Gasteiger partial charge >= 0.3 is 0 Å². The van der Waals surface area contributed by atoms with Gasteiger partial charge in [-0.3, -0.25) is 0 Å². The molecule has 63 heavy (non-hydrogen) atoms. The molecule has 0 fully saturated rings. The van der Waals surface area contributed by atoms with Crippen LogP contribution in [0, 0.1) is 0 Å². The summed E-state index contributed by atoms with van der Waals surface area (Å²) in [6.07, 6.45) is 0. The van der Waals surface area contributed by atoms with E-state index >= 15 is 0 Å². The summed E-state index contributed by atoms with van der Waals surface area (Å²) < 4.78 is 0. The highest BCUT2D eigenvalue weighted by atomic mass is 15.1. The van der Waals surface area contributed by atoms with Gasteiger partial charge in [0.05, 0.1) is 5.69 Å². The van der Waals surface area contributed by atoms with Gasteiger partial charge in [-0.2, -0.15) is 0 Å². The van der Waals surface area contributed by atoms with Gasteiger partial charge in [-0.25, -0.2) is 0 Å². The first-order valence-electron chi connectivity index (χ1n) is 21.7. The van der Waals surface area contributed by atoms with E-state index in [-0.39, 0.29) is 0 Å². The van der Waals surface area contributed by atoms with E-state index in [2.05, 4.69) is 266 Å². The van der Waals surface area contributed by atoms with Crippen LogP contribution in [0.1, 0.15) is 0 Å². The molecule has 0 heterocycles. The van der Waals surface area contributed by atoms with E-state index in [1.54, 1.807) is 0 Å². The lowest BCUT2D eigenvalue weighted by atomic mass is 9.84.